The minimum absolute atomic E-state index is 0. The maximum absolute atomic E-state index is 9.56. The van der Waals surface area contributed by atoms with Crippen LogP contribution in [-0.2, 0) is 84.3 Å². The molecule has 0 aliphatic heterocycles. The summed E-state index contributed by atoms with van der Waals surface area (Å²) in [6.07, 6.45) is 19.7. The van der Waals surface area contributed by atoms with E-state index in [0.29, 0.717) is 0 Å². The molecule has 0 bridgehead atoms. The molecular weight excluding hydrogens is 1010 g/mol. The van der Waals surface area contributed by atoms with Crippen molar-refractivity contribution in [2.24, 2.45) is 0 Å². The summed E-state index contributed by atoms with van der Waals surface area (Å²) >= 11 is 4.24. The molecule has 0 heterocycles. The van der Waals surface area contributed by atoms with Crippen molar-refractivity contribution in [1.29, 1.82) is 0 Å². The molecule has 0 atom stereocenters. The van der Waals surface area contributed by atoms with E-state index in [1.807, 2.05) is 0 Å². The average molecular weight is 1040 g/mol. The van der Waals surface area contributed by atoms with Gasteiger partial charge in [-0.25, -0.2) is 0 Å². The number of hydrogen-bond donors (Lipinski definition) is 0. The van der Waals surface area contributed by atoms with E-state index in [9.17, 15) is 25.3 Å². The van der Waals surface area contributed by atoms with Gasteiger partial charge in [0.25, 0.3) is 0 Å². The second-order valence-electron chi connectivity index (χ2n) is 4.45. The summed E-state index contributed by atoms with van der Waals surface area (Å²) in [4.78, 5) is 0. The molecule has 17 heteroatoms. The van der Waals surface area contributed by atoms with Crippen LogP contribution in [0.1, 0.15) is 0 Å². The summed E-state index contributed by atoms with van der Waals surface area (Å²) in [5.74, 6) is 0. The predicted octanol–water partition coefficient (Wildman–Crippen LogP) is -4.25. The van der Waals surface area contributed by atoms with E-state index in [4.69, 9.17) is 0 Å². The maximum atomic E-state index is 9.56. The fourth-order valence-electron chi connectivity index (χ4n) is 0. The van der Waals surface area contributed by atoms with Crippen molar-refractivity contribution >= 4 is 102 Å². The van der Waals surface area contributed by atoms with Gasteiger partial charge in [-0.15, -0.1) is 0 Å². The molecule has 29 heavy (non-hydrogen) atoms. The molecule has 0 spiro atoms. The largest absolute Gasteiger partial charge is 2.00 e. The van der Waals surface area contributed by atoms with Crippen molar-refractivity contribution in [3.05, 3.63) is 0 Å². The molecule has 0 aromatic carbocycles. The molecule has 0 saturated carbocycles. The van der Waals surface area contributed by atoms with Crippen molar-refractivity contribution in [2.75, 3.05) is 75.1 Å². The zero-order valence-corrected chi connectivity index (χ0v) is 35.6. The topological polar surface area (TPSA) is 102 Å². The van der Waals surface area contributed by atoms with Crippen LogP contribution in [0, 0.1) is 0 Å². The molecule has 0 radical (unpaired) electrons. The minimum atomic E-state index is -0.611. The summed E-state index contributed by atoms with van der Waals surface area (Å²) in [6, 6.07) is 0. The molecule has 0 aliphatic rings. The molecule has 0 aliphatic carbocycles. The minimum Gasteiger partial charge on any atom is -1.00 e. The van der Waals surface area contributed by atoms with Gasteiger partial charge in [-0.2, -0.15) is 0 Å². The van der Waals surface area contributed by atoms with Gasteiger partial charge in [0, 0.05) is 177 Å². The van der Waals surface area contributed by atoms with Gasteiger partial charge >= 0.3 is 19.5 Å². The van der Waals surface area contributed by atoms with Crippen LogP contribution < -0.4 is 48.0 Å². The first kappa shape index (κ1) is 64.1. The fraction of sp³-hybridized carbons (Fsp3) is 1.00. The Labute approximate surface area is 265 Å². The average Bonchev–Trinajstić information content (AvgIpc) is 2.25. The van der Waals surface area contributed by atoms with Crippen LogP contribution in [0.4, 0.5) is 0 Å². The van der Waals surface area contributed by atoms with Crippen LogP contribution in [0.2, 0.25) is 0 Å². The molecule has 0 rings (SSSR count). The van der Waals surface area contributed by atoms with Crippen LogP contribution in [0.25, 0.3) is 0 Å². The molecule has 6 nitrogen and oxygen atoms in total. The van der Waals surface area contributed by atoms with Gasteiger partial charge in [0.1, 0.15) is 0 Å². The Morgan fingerprint density at radius 2 is 0.345 bits per heavy atom. The first-order chi connectivity index (χ1) is 11.4. The van der Waals surface area contributed by atoms with Crippen LogP contribution in [0.3, 0.4) is 0 Å². The number of halogens is 4. The Morgan fingerprint density at radius 1 is 0.345 bits per heavy atom. The second-order valence-corrected chi connectivity index (χ2v) is 13.3. The van der Waals surface area contributed by atoms with Gasteiger partial charge in [0.2, 0.25) is 0 Å². The zero-order valence-electron chi connectivity index (χ0n) is 19.1. The van der Waals surface area contributed by atoms with E-state index in [0.717, 1.165) is 0 Å². The van der Waals surface area contributed by atoms with E-state index in [1.165, 1.54) is 0 Å². The SMILES string of the molecule is CS(C)=O.CS(C)=O.CS(C)=O.CS(C)=O.CS(C)=O.CS(C)=O.II.[I-].[I-].[Zn+2]. The standard InChI is InChI=1S/6C2H6OS.I2.2HI.Zn/c6*1-4(2)3;1-2;;;/h6*1-2H3;;2*1H;/q;;;;;;;;;+2/p-2. The van der Waals surface area contributed by atoms with Crippen LogP contribution in [0.15, 0.2) is 0 Å². The Hall–Kier alpha value is 4.44. The second kappa shape index (κ2) is 63.7. The number of hydrogen-bond acceptors (Lipinski definition) is 6. The van der Waals surface area contributed by atoms with E-state index in [2.05, 4.69) is 37.2 Å². The van der Waals surface area contributed by atoms with Gasteiger partial charge in [0.15, 0.2) is 0 Å². The van der Waals surface area contributed by atoms with Crippen molar-refractivity contribution in [3.63, 3.8) is 0 Å². The first-order valence-corrected chi connectivity index (χ1v) is 24.1. The van der Waals surface area contributed by atoms with Crippen molar-refractivity contribution < 1.29 is 92.7 Å². The van der Waals surface area contributed by atoms with E-state index >= 15 is 0 Å². The summed E-state index contributed by atoms with van der Waals surface area (Å²) in [5.41, 5.74) is 0. The summed E-state index contributed by atoms with van der Waals surface area (Å²) < 4.78 is 57.3. The molecule has 0 aromatic heterocycles. The third-order valence-electron chi connectivity index (χ3n) is 0. The van der Waals surface area contributed by atoms with Gasteiger partial charge in [-0.1, -0.05) is 0 Å². The molecule has 186 valence electrons. The molecule has 0 amide bonds. The van der Waals surface area contributed by atoms with Gasteiger partial charge in [-0.3, -0.25) is 25.3 Å². The van der Waals surface area contributed by atoms with Crippen LogP contribution in [0.5, 0.6) is 0 Å². The van der Waals surface area contributed by atoms with E-state index in [-0.39, 0.29) is 67.4 Å². The molecule has 0 N–H and O–H groups in total. The Kier molecular flexibility index (Phi) is 141. The molecule has 0 saturated heterocycles. The fourth-order valence-corrected chi connectivity index (χ4v) is 0. The van der Waals surface area contributed by atoms with Gasteiger partial charge < -0.3 is 48.0 Å². The predicted molar refractivity (Wildman–Crippen MR) is 148 cm³/mol. The van der Waals surface area contributed by atoms with E-state index < -0.39 is 64.8 Å². The maximum Gasteiger partial charge on any atom is 2.00 e. The number of rotatable bonds is 0. The summed E-state index contributed by atoms with van der Waals surface area (Å²) in [7, 11) is -3.67. The molecule has 0 fully saturated rings. The van der Waals surface area contributed by atoms with Crippen LogP contribution >= 0.6 is 37.2 Å². The Bertz CT molecular complexity index is 290. The van der Waals surface area contributed by atoms with Crippen molar-refractivity contribution in [3.8, 4) is 0 Å². The Balaban J connectivity index is -0.0000000180. The molecular formula is C12H36I4O6S6Zn. The zero-order chi connectivity index (χ0) is 23.5. The van der Waals surface area contributed by atoms with Gasteiger partial charge in [-0.05, 0) is 0 Å². The van der Waals surface area contributed by atoms with Crippen LogP contribution in [-0.4, -0.2) is 100 Å². The third kappa shape index (κ3) is 1520. The van der Waals surface area contributed by atoms with Crippen molar-refractivity contribution in [2.45, 2.75) is 0 Å². The Morgan fingerprint density at radius 3 is 0.345 bits per heavy atom. The first-order valence-electron chi connectivity index (χ1n) is 6.04. The van der Waals surface area contributed by atoms with E-state index in [1.54, 1.807) is 75.1 Å². The summed E-state index contributed by atoms with van der Waals surface area (Å²) in [6.45, 7) is 0. The summed E-state index contributed by atoms with van der Waals surface area (Å²) in [5, 5.41) is 0. The smallest absolute Gasteiger partial charge is 1.00 e. The van der Waals surface area contributed by atoms with Gasteiger partial charge in [0.05, 0.1) is 0 Å². The normalized spacial score (nSPS) is 7.45. The quantitative estimate of drug-likeness (QED) is 0.180. The van der Waals surface area contributed by atoms with Crippen molar-refractivity contribution in [1.82, 2.24) is 0 Å². The molecule has 0 aromatic rings. The monoisotopic (exact) mass is 1040 g/mol. The third-order valence-corrected chi connectivity index (χ3v) is 0. The molecule has 0 unspecified atom stereocenters.